The van der Waals surface area contributed by atoms with E-state index in [1.54, 1.807) is 18.2 Å². The summed E-state index contributed by atoms with van der Waals surface area (Å²) in [7, 11) is 0. The van der Waals surface area contributed by atoms with E-state index in [1.807, 2.05) is 0 Å². The highest BCUT2D eigenvalue weighted by Gasteiger charge is 2.15. The van der Waals surface area contributed by atoms with Crippen molar-refractivity contribution in [2.24, 2.45) is 0 Å². The van der Waals surface area contributed by atoms with E-state index in [1.165, 1.54) is 30.6 Å². The molecule has 2 aromatic rings. The maximum absolute atomic E-state index is 12.2. The maximum Gasteiger partial charge on any atom is 0.387 e. The predicted molar refractivity (Wildman–Crippen MR) is 65.3 cm³/mol. The smallest absolute Gasteiger partial charge is 0.387 e. The molecular formula is C13H10F2N2O2. The summed E-state index contributed by atoms with van der Waals surface area (Å²) >= 11 is 0. The van der Waals surface area contributed by atoms with Gasteiger partial charge in [-0.15, -0.1) is 0 Å². The van der Waals surface area contributed by atoms with Crippen LogP contribution in [0, 0.1) is 0 Å². The Kier molecular flexibility index (Phi) is 4.02. The minimum absolute atomic E-state index is 0.0413. The molecule has 1 N–H and O–H groups in total. The molecule has 0 aliphatic heterocycles. The first-order chi connectivity index (χ1) is 9.16. The Balaban J connectivity index is 2.19. The van der Waals surface area contributed by atoms with Crippen molar-refractivity contribution < 1.29 is 18.3 Å². The van der Waals surface area contributed by atoms with Gasteiger partial charge in [-0.3, -0.25) is 9.78 Å². The van der Waals surface area contributed by atoms with E-state index >= 15 is 0 Å². The zero-order chi connectivity index (χ0) is 13.7. The monoisotopic (exact) mass is 264 g/mol. The number of rotatable bonds is 4. The molecule has 0 bridgehead atoms. The van der Waals surface area contributed by atoms with Crippen LogP contribution in [0.5, 0.6) is 5.75 Å². The molecule has 4 nitrogen and oxygen atoms in total. The average Bonchev–Trinajstić information content (AvgIpc) is 2.39. The third-order valence-electron chi connectivity index (χ3n) is 2.29. The van der Waals surface area contributed by atoms with Gasteiger partial charge in [-0.05, 0) is 24.3 Å². The lowest BCUT2D eigenvalue weighted by atomic mass is 10.2. The summed E-state index contributed by atoms with van der Waals surface area (Å²) in [5.74, 6) is -0.688. The number of hydrogen-bond donors (Lipinski definition) is 1. The van der Waals surface area contributed by atoms with Gasteiger partial charge in [-0.1, -0.05) is 12.1 Å². The lowest BCUT2D eigenvalue weighted by molar-refractivity contribution is -0.0501. The quantitative estimate of drug-likeness (QED) is 0.923. The number of hydrogen-bond acceptors (Lipinski definition) is 3. The van der Waals surface area contributed by atoms with E-state index in [4.69, 9.17) is 0 Å². The second-order valence-electron chi connectivity index (χ2n) is 3.56. The summed E-state index contributed by atoms with van der Waals surface area (Å²) < 4.78 is 28.8. The van der Waals surface area contributed by atoms with Gasteiger partial charge in [-0.2, -0.15) is 8.78 Å². The van der Waals surface area contributed by atoms with Crippen LogP contribution in [0.1, 0.15) is 10.4 Å². The zero-order valence-corrected chi connectivity index (χ0v) is 9.72. The third-order valence-corrected chi connectivity index (χ3v) is 2.29. The Bertz CT molecular complexity index is 562. The first-order valence-corrected chi connectivity index (χ1v) is 5.42. The topological polar surface area (TPSA) is 51.2 Å². The summed E-state index contributed by atoms with van der Waals surface area (Å²) in [6.45, 7) is -2.98. The molecule has 0 fully saturated rings. The number of carbonyl (C=O) groups excluding carboxylic acids is 1. The molecular weight excluding hydrogens is 254 g/mol. The number of pyridine rings is 1. The van der Waals surface area contributed by atoms with Gasteiger partial charge in [-0.25, -0.2) is 0 Å². The van der Waals surface area contributed by atoms with E-state index < -0.39 is 12.5 Å². The van der Waals surface area contributed by atoms with Crippen LogP contribution in [0.2, 0.25) is 0 Å². The lowest BCUT2D eigenvalue weighted by Crippen LogP contribution is -2.14. The Morgan fingerprint density at radius 2 is 1.84 bits per heavy atom. The Hall–Kier alpha value is -2.50. The normalized spacial score (nSPS) is 10.3. The molecule has 1 heterocycles. The fourth-order valence-electron chi connectivity index (χ4n) is 1.49. The third kappa shape index (κ3) is 3.48. The molecule has 0 unspecified atom stereocenters. The van der Waals surface area contributed by atoms with Crippen molar-refractivity contribution in [2.75, 3.05) is 5.32 Å². The van der Waals surface area contributed by atoms with Crippen molar-refractivity contribution in [1.29, 1.82) is 0 Å². The summed E-state index contributed by atoms with van der Waals surface area (Å²) in [5, 5.41) is 2.57. The highest BCUT2D eigenvalue weighted by Crippen LogP contribution is 2.21. The van der Waals surface area contributed by atoms with Gasteiger partial charge >= 0.3 is 6.61 Å². The van der Waals surface area contributed by atoms with Crippen LogP contribution in [0.3, 0.4) is 0 Å². The number of aromatic nitrogens is 1. The molecule has 0 radical (unpaired) electrons. The number of anilines is 1. The van der Waals surface area contributed by atoms with Crippen molar-refractivity contribution in [1.82, 2.24) is 4.98 Å². The minimum atomic E-state index is -2.98. The van der Waals surface area contributed by atoms with Gasteiger partial charge in [0.25, 0.3) is 5.91 Å². The van der Waals surface area contributed by atoms with Gasteiger partial charge in [0, 0.05) is 18.1 Å². The molecule has 0 saturated carbocycles. The summed E-state index contributed by atoms with van der Waals surface area (Å²) in [6, 6.07) is 8.99. The molecule has 0 saturated heterocycles. The number of carbonyl (C=O) groups is 1. The Labute approximate surface area is 108 Å². The highest BCUT2D eigenvalue weighted by atomic mass is 19.3. The van der Waals surface area contributed by atoms with Crippen molar-refractivity contribution in [3.63, 3.8) is 0 Å². The molecule has 19 heavy (non-hydrogen) atoms. The number of ether oxygens (including phenoxy) is 1. The summed E-state index contributed by atoms with van der Waals surface area (Å²) in [5.41, 5.74) is 0.562. The SMILES string of the molecule is O=C(Nc1ccncc1)c1ccccc1OC(F)F. The van der Waals surface area contributed by atoms with Crippen LogP contribution < -0.4 is 10.1 Å². The van der Waals surface area contributed by atoms with Gasteiger partial charge in [0.1, 0.15) is 5.75 Å². The van der Waals surface area contributed by atoms with Crippen molar-refractivity contribution >= 4 is 11.6 Å². The van der Waals surface area contributed by atoms with Crippen LogP contribution in [-0.4, -0.2) is 17.5 Å². The van der Waals surface area contributed by atoms with Gasteiger partial charge in [0.2, 0.25) is 0 Å². The molecule has 1 amide bonds. The molecule has 0 aliphatic carbocycles. The van der Waals surface area contributed by atoms with Crippen LogP contribution in [-0.2, 0) is 0 Å². The fraction of sp³-hybridized carbons (Fsp3) is 0.0769. The van der Waals surface area contributed by atoms with Crippen molar-refractivity contribution in [3.8, 4) is 5.75 Å². The van der Waals surface area contributed by atoms with E-state index in [9.17, 15) is 13.6 Å². The number of alkyl halides is 2. The van der Waals surface area contributed by atoms with Crippen molar-refractivity contribution in [2.45, 2.75) is 6.61 Å². The largest absolute Gasteiger partial charge is 0.434 e. The Morgan fingerprint density at radius 3 is 2.53 bits per heavy atom. The second-order valence-corrected chi connectivity index (χ2v) is 3.56. The van der Waals surface area contributed by atoms with E-state index in [0.717, 1.165) is 0 Å². The van der Waals surface area contributed by atoms with Crippen LogP contribution >= 0.6 is 0 Å². The number of benzene rings is 1. The first kappa shape index (κ1) is 12.9. The van der Waals surface area contributed by atoms with E-state index in [0.29, 0.717) is 5.69 Å². The number of nitrogens with one attached hydrogen (secondary N) is 1. The van der Waals surface area contributed by atoms with E-state index in [2.05, 4.69) is 15.0 Å². The van der Waals surface area contributed by atoms with Gasteiger partial charge < -0.3 is 10.1 Å². The highest BCUT2D eigenvalue weighted by molar-refractivity contribution is 6.06. The van der Waals surface area contributed by atoms with Crippen LogP contribution in [0.25, 0.3) is 0 Å². The predicted octanol–water partition coefficient (Wildman–Crippen LogP) is 2.94. The standard InChI is InChI=1S/C13H10F2N2O2/c14-13(15)19-11-4-2-1-3-10(11)12(18)17-9-5-7-16-8-6-9/h1-8,13H,(H,16,17,18). The lowest BCUT2D eigenvalue weighted by Gasteiger charge is -2.10. The first-order valence-electron chi connectivity index (χ1n) is 5.42. The summed E-state index contributed by atoms with van der Waals surface area (Å²) in [4.78, 5) is 15.8. The van der Waals surface area contributed by atoms with Crippen LogP contribution in [0.4, 0.5) is 14.5 Å². The minimum Gasteiger partial charge on any atom is -0.434 e. The van der Waals surface area contributed by atoms with Gasteiger partial charge in [0.05, 0.1) is 5.56 Å². The Morgan fingerprint density at radius 1 is 1.16 bits per heavy atom. The molecule has 1 aromatic carbocycles. The zero-order valence-electron chi connectivity index (χ0n) is 9.72. The van der Waals surface area contributed by atoms with Gasteiger partial charge in [0.15, 0.2) is 0 Å². The molecule has 98 valence electrons. The summed E-state index contributed by atoms with van der Waals surface area (Å²) in [6.07, 6.45) is 3.02. The molecule has 1 aromatic heterocycles. The molecule has 0 aliphatic rings. The molecule has 6 heteroatoms. The molecule has 0 spiro atoms. The molecule has 0 atom stereocenters. The second kappa shape index (κ2) is 5.90. The van der Waals surface area contributed by atoms with E-state index in [-0.39, 0.29) is 11.3 Å². The number of nitrogens with zero attached hydrogens (tertiary/aromatic N) is 1. The average molecular weight is 264 g/mol. The number of para-hydroxylation sites is 1. The molecule has 2 rings (SSSR count). The number of amides is 1. The number of halogens is 2. The maximum atomic E-state index is 12.2. The fourth-order valence-corrected chi connectivity index (χ4v) is 1.49. The van der Waals surface area contributed by atoms with Crippen molar-refractivity contribution in [3.05, 3.63) is 54.4 Å². The van der Waals surface area contributed by atoms with Crippen LogP contribution in [0.15, 0.2) is 48.8 Å².